The summed E-state index contributed by atoms with van der Waals surface area (Å²) in [4.78, 5) is 0. The lowest BCUT2D eigenvalue weighted by Gasteiger charge is -2.32. The van der Waals surface area contributed by atoms with Crippen LogP contribution in [0, 0.1) is 0 Å². The van der Waals surface area contributed by atoms with Crippen LogP contribution in [-0.4, -0.2) is 28.1 Å². The highest BCUT2D eigenvalue weighted by Crippen LogP contribution is 2.36. The van der Waals surface area contributed by atoms with E-state index in [-0.39, 0.29) is 11.2 Å². The summed E-state index contributed by atoms with van der Waals surface area (Å²) in [6.45, 7) is 8.04. The van der Waals surface area contributed by atoms with Crippen molar-refractivity contribution in [3.8, 4) is 0 Å². The molecule has 16 heavy (non-hydrogen) atoms. The van der Waals surface area contributed by atoms with Crippen LogP contribution in [0.5, 0.6) is 0 Å². The molecule has 0 amide bonds. The van der Waals surface area contributed by atoms with Crippen LogP contribution in [0.3, 0.4) is 0 Å². The Morgan fingerprint density at radius 3 is 2.12 bits per heavy atom. The Morgan fingerprint density at radius 1 is 1.25 bits per heavy atom. The van der Waals surface area contributed by atoms with E-state index in [1.165, 1.54) is 0 Å². The zero-order valence-electron chi connectivity index (χ0n) is 10.2. The first-order valence-corrected chi connectivity index (χ1v) is 5.65. The van der Waals surface area contributed by atoms with Crippen LogP contribution in [-0.2, 0) is 16.4 Å². The molecule has 1 fully saturated rings. The molecule has 0 radical (unpaired) electrons. The Morgan fingerprint density at radius 2 is 1.75 bits per heavy atom. The van der Waals surface area contributed by atoms with Crippen molar-refractivity contribution in [1.82, 2.24) is 9.78 Å². The zero-order chi connectivity index (χ0) is 12.1. The fraction of sp³-hybridized carbons (Fsp3) is 0.700. The van der Waals surface area contributed by atoms with Crippen LogP contribution in [0.4, 0.5) is 0 Å². The van der Waals surface area contributed by atoms with E-state index < -0.39 is 7.12 Å². The molecular formula is C10H16BClN2O2. The van der Waals surface area contributed by atoms with Crippen molar-refractivity contribution in [2.45, 2.75) is 38.9 Å². The predicted molar refractivity (Wildman–Crippen MR) is 63.9 cm³/mol. The van der Waals surface area contributed by atoms with Crippen molar-refractivity contribution < 1.29 is 9.31 Å². The van der Waals surface area contributed by atoms with E-state index in [0.29, 0.717) is 5.15 Å². The average molecular weight is 243 g/mol. The van der Waals surface area contributed by atoms with Crippen molar-refractivity contribution in [3.63, 3.8) is 0 Å². The molecule has 0 saturated carbocycles. The van der Waals surface area contributed by atoms with Gasteiger partial charge in [0, 0.05) is 18.7 Å². The maximum absolute atomic E-state index is 6.02. The minimum atomic E-state index is -0.439. The van der Waals surface area contributed by atoms with Gasteiger partial charge in [-0.2, -0.15) is 5.10 Å². The SMILES string of the molecule is Cn1cc(B2OC(C)(C)C(C)(C)O2)c(Cl)n1. The first-order chi connectivity index (χ1) is 7.23. The highest BCUT2D eigenvalue weighted by molar-refractivity contribution is 6.65. The van der Waals surface area contributed by atoms with Gasteiger partial charge in [0.15, 0.2) is 5.15 Å². The normalized spacial score (nSPS) is 22.8. The lowest BCUT2D eigenvalue weighted by molar-refractivity contribution is 0.00578. The Kier molecular flexibility index (Phi) is 2.61. The van der Waals surface area contributed by atoms with E-state index >= 15 is 0 Å². The first kappa shape index (κ1) is 12.0. The van der Waals surface area contributed by atoms with Crippen LogP contribution in [0.1, 0.15) is 27.7 Å². The van der Waals surface area contributed by atoms with Gasteiger partial charge in [0.2, 0.25) is 0 Å². The quantitative estimate of drug-likeness (QED) is 0.698. The topological polar surface area (TPSA) is 36.3 Å². The minimum Gasteiger partial charge on any atom is -0.399 e. The summed E-state index contributed by atoms with van der Waals surface area (Å²) in [5.74, 6) is 0. The van der Waals surface area contributed by atoms with E-state index in [0.717, 1.165) is 5.46 Å². The molecule has 1 saturated heterocycles. The monoisotopic (exact) mass is 242 g/mol. The van der Waals surface area contributed by atoms with Crippen molar-refractivity contribution in [1.29, 1.82) is 0 Å². The summed E-state index contributed by atoms with van der Waals surface area (Å²) in [7, 11) is 1.38. The third kappa shape index (κ3) is 1.77. The minimum absolute atomic E-state index is 0.350. The highest BCUT2D eigenvalue weighted by Gasteiger charge is 2.52. The molecule has 0 unspecified atom stereocenters. The summed E-state index contributed by atoms with van der Waals surface area (Å²) >= 11 is 6.02. The van der Waals surface area contributed by atoms with Crippen LogP contribution >= 0.6 is 11.6 Å². The summed E-state index contributed by atoms with van der Waals surface area (Å²) in [6.07, 6.45) is 1.82. The van der Waals surface area contributed by atoms with Crippen LogP contribution in [0.2, 0.25) is 5.15 Å². The molecular weight excluding hydrogens is 226 g/mol. The van der Waals surface area contributed by atoms with Gasteiger partial charge in [-0.3, -0.25) is 4.68 Å². The lowest BCUT2D eigenvalue weighted by Crippen LogP contribution is -2.41. The Bertz CT molecular complexity index is 401. The van der Waals surface area contributed by atoms with E-state index in [1.807, 2.05) is 40.9 Å². The molecule has 0 atom stereocenters. The van der Waals surface area contributed by atoms with Gasteiger partial charge in [-0.1, -0.05) is 11.6 Å². The molecule has 1 aliphatic heterocycles. The molecule has 0 aromatic carbocycles. The Balaban J connectivity index is 2.30. The largest absolute Gasteiger partial charge is 0.499 e. The summed E-state index contributed by atoms with van der Waals surface area (Å²) in [5.41, 5.74) is 0.0797. The van der Waals surface area contributed by atoms with E-state index in [4.69, 9.17) is 20.9 Å². The summed E-state index contributed by atoms with van der Waals surface area (Å²) < 4.78 is 13.4. The maximum atomic E-state index is 6.02. The van der Waals surface area contributed by atoms with E-state index in [2.05, 4.69) is 5.10 Å². The Hall–Kier alpha value is -0.515. The molecule has 4 nitrogen and oxygen atoms in total. The van der Waals surface area contributed by atoms with E-state index in [9.17, 15) is 0 Å². The highest BCUT2D eigenvalue weighted by atomic mass is 35.5. The number of rotatable bonds is 1. The second kappa shape index (κ2) is 3.49. The summed E-state index contributed by atoms with van der Waals surface area (Å²) in [6, 6.07) is 0. The van der Waals surface area contributed by atoms with Crippen LogP contribution in [0.15, 0.2) is 6.20 Å². The van der Waals surface area contributed by atoms with Crippen LogP contribution < -0.4 is 5.46 Å². The number of aryl methyl sites for hydroxylation is 1. The molecule has 0 bridgehead atoms. The smallest absolute Gasteiger partial charge is 0.399 e. The molecule has 0 aliphatic carbocycles. The van der Waals surface area contributed by atoms with Gasteiger partial charge in [-0.15, -0.1) is 0 Å². The molecule has 0 N–H and O–H groups in total. The summed E-state index contributed by atoms with van der Waals surface area (Å²) in [5, 5.41) is 4.50. The lowest BCUT2D eigenvalue weighted by atomic mass is 9.82. The van der Waals surface area contributed by atoms with Crippen molar-refractivity contribution >= 4 is 24.2 Å². The first-order valence-electron chi connectivity index (χ1n) is 5.28. The second-order valence-corrected chi connectivity index (χ2v) is 5.50. The van der Waals surface area contributed by atoms with Crippen molar-refractivity contribution in [2.75, 3.05) is 0 Å². The number of hydrogen-bond donors (Lipinski definition) is 0. The zero-order valence-corrected chi connectivity index (χ0v) is 11.0. The molecule has 2 rings (SSSR count). The number of aromatic nitrogens is 2. The Labute approximate surface area is 101 Å². The molecule has 0 spiro atoms. The van der Waals surface area contributed by atoms with Gasteiger partial charge in [0.1, 0.15) is 0 Å². The van der Waals surface area contributed by atoms with Gasteiger partial charge in [-0.05, 0) is 27.7 Å². The van der Waals surface area contributed by atoms with Gasteiger partial charge < -0.3 is 9.31 Å². The van der Waals surface area contributed by atoms with Gasteiger partial charge >= 0.3 is 7.12 Å². The van der Waals surface area contributed by atoms with Crippen molar-refractivity contribution in [3.05, 3.63) is 11.3 Å². The fourth-order valence-corrected chi connectivity index (χ4v) is 1.86. The molecule has 88 valence electrons. The van der Waals surface area contributed by atoms with Gasteiger partial charge in [0.25, 0.3) is 0 Å². The maximum Gasteiger partial charge on any atom is 0.499 e. The molecule has 1 aromatic heterocycles. The number of hydrogen-bond acceptors (Lipinski definition) is 3. The molecule has 6 heteroatoms. The number of nitrogens with zero attached hydrogens (tertiary/aromatic N) is 2. The van der Waals surface area contributed by atoms with Crippen molar-refractivity contribution in [2.24, 2.45) is 7.05 Å². The standard InChI is InChI=1S/C10H16BClN2O2/c1-9(2)10(3,4)16-11(15-9)7-6-14(5)13-8(7)12/h6H,1-5H3. The van der Waals surface area contributed by atoms with Crippen LogP contribution in [0.25, 0.3) is 0 Å². The third-order valence-corrected chi connectivity index (χ3v) is 3.61. The fourth-order valence-electron chi connectivity index (χ4n) is 1.61. The predicted octanol–water partition coefficient (Wildman–Crippen LogP) is 1.37. The van der Waals surface area contributed by atoms with E-state index in [1.54, 1.807) is 4.68 Å². The molecule has 1 aromatic rings. The third-order valence-electron chi connectivity index (χ3n) is 3.32. The number of halogens is 1. The van der Waals surface area contributed by atoms with Gasteiger partial charge in [0.05, 0.1) is 11.2 Å². The molecule has 1 aliphatic rings. The second-order valence-electron chi connectivity index (χ2n) is 5.14. The average Bonchev–Trinajstić information content (AvgIpc) is 2.51. The molecule has 2 heterocycles. The van der Waals surface area contributed by atoms with Gasteiger partial charge in [-0.25, -0.2) is 0 Å².